The van der Waals surface area contributed by atoms with Gasteiger partial charge in [-0.3, -0.25) is 10.1 Å². The fourth-order valence-corrected chi connectivity index (χ4v) is 3.94. The van der Waals surface area contributed by atoms with Crippen molar-refractivity contribution in [1.29, 1.82) is 0 Å². The number of oxime groups is 1. The van der Waals surface area contributed by atoms with Crippen LogP contribution in [0.3, 0.4) is 0 Å². The largest absolute Gasteiger partial charge is 0.495 e. The van der Waals surface area contributed by atoms with E-state index in [4.69, 9.17) is 21.0 Å². The molecule has 2 aromatic rings. The van der Waals surface area contributed by atoms with E-state index in [1.54, 1.807) is 0 Å². The summed E-state index contributed by atoms with van der Waals surface area (Å²) in [6.07, 6.45) is -5.55. The maximum Gasteiger partial charge on any atom is 0.495 e. The predicted octanol–water partition coefficient (Wildman–Crippen LogP) is 1.02. The normalized spacial score (nSPS) is 12.1. The number of nitrogens with zero attached hydrogens (tertiary/aromatic N) is 2. The lowest BCUT2D eigenvalue weighted by atomic mass is 10.1. The van der Waals surface area contributed by atoms with Gasteiger partial charge >= 0.3 is 18.1 Å². The Hall–Kier alpha value is -4.65. The van der Waals surface area contributed by atoms with Gasteiger partial charge in [0.25, 0.3) is 5.69 Å². The number of rotatable bonds is 13. The van der Waals surface area contributed by atoms with Crippen LogP contribution in [0.5, 0.6) is 5.75 Å². The highest BCUT2D eigenvalue weighted by Gasteiger charge is 2.43. The molecule has 15 nitrogen and oxygen atoms in total. The Bertz CT molecular complexity index is 1320. The molecule has 218 valence electrons. The monoisotopic (exact) mass is 593 g/mol. The fraction of sp³-hybridized carbons (Fsp3) is 0.286. The van der Waals surface area contributed by atoms with Crippen LogP contribution in [0, 0.1) is 10.1 Å². The van der Waals surface area contributed by atoms with Crippen LogP contribution in [0.4, 0.5) is 18.9 Å². The number of alkyl halides is 3. The third-order valence-electron chi connectivity index (χ3n) is 4.55. The Balaban J connectivity index is 2.13. The summed E-state index contributed by atoms with van der Waals surface area (Å²) in [4.78, 5) is 45.1. The zero-order valence-corrected chi connectivity index (χ0v) is 21.0. The molecule has 0 aliphatic carbocycles. The minimum absolute atomic E-state index is 0.160. The maximum absolute atomic E-state index is 12.8. The summed E-state index contributed by atoms with van der Waals surface area (Å²) in [6, 6.07) is 7.41. The van der Waals surface area contributed by atoms with Crippen molar-refractivity contribution in [1.82, 2.24) is 4.72 Å². The van der Waals surface area contributed by atoms with Crippen molar-refractivity contribution in [3.8, 4) is 5.75 Å². The smallest absolute Gasteiger partial charge is 0.493 e. The number of benzene rings is 2. The van der Waals surface area contributed by atoms with Gasteiger partial charge in [0.05, 0.1) is 16.4 Å². The number of nitrogens with two attached hydrogens (primary N) is 2. The second-order valence-corrected chi connectivity index (χ2v) is 9.31. The summed E-state index contributed by atoms with van der Waals surface area (Å²) >= 11 is 0. The van der Waals surface area contributed by atoms with Crippen molar-refractivity contribution in [3.05, 3.63) is 64.2 Å². The number of non-ortho nitro benzene ring substituents is 1. The summed E-state index contributed by atoms with van der Waals surface area (Å²) in [7, 11) is -4.56. The topological polar surface area (TPSA) is 225 Å². The van der Waals surface area contributed by atoms with Gasteiger partial charge in [-0.25, -0.2) is 27.8 Å². The number of sulfonamides is 1. The van der Waals surface area contributed by atoms with Crippen molar-refractivity contribution < 1.29 is 55.5 Å². The molecule has 0 bridgehead atoms. The second-order valence-electron chi connectivity index (χ2n) is 7.60. The van der Waals surface area contributed by atoms with E-state index in [0.29, 0.717) is 17.7 Å². The Morgan fingerprint density at radius 2 is 1.65 bits per heavy atom. The molecule has 0 saturated heterocycles. The average Bonchev–Trinajstić information content (AvgIpc) is 2.88. The van der Waals surface area contributed by atoms with E-state index in [-0.39, 0.29) is 19.2 Å². The van der Waals surface area contributed by atoms with Crippen LogP contribution in [0.1, 0.15) is 12.0 Å². The lowest BCUT2D eigenvalue weighted by Gasteiger charge is -2.17. The number of carbonyl (C=O) groups excluding carboxylic acids is 2. The lowest BCUT2D eigenvalue weighted by molar-refractivity contribution is -0.384. The third kappa shape index (κ3) is 10.3. The maximum atomic E-state index is 12.8. The number of guanidine groups is 1. The van der Waals surface area contributed by atoms with Crippen LogP contribution in [0.25, 0.3) is 0 Å². The van der Waals surface area contributed by atoms with E-state index >= 15 is 0 Å². The van der Waals surface area contributed by atoms with Crippen LogP contribution in [-0.4, -0.2) is 56.7 Å². The molecule has 0 aliphatic rings. The van der Waals surface area contributed by atoms with E-state index in [1.807, 2.05) is 4.72 Å². The first kappa shape index (κ1) is 31.6. The Labute approximate surface area is 223 Å². The number of halogens is 3. The van der Waals surface area contributed by atoms with E-state index < -0.39 is 56.1 Å². The third-order valence-corrected chi connectivity index (χ3v) is 6.04. The molecule has 0 spiro atoms. The summed E-state index contributed by atoms with van der Waals surface area (Å²) in [6.45, 7) is 0.363. The second kappa shape index (κ2) is 13.9. The summed E-state index contributed by atoms with van der Waals surface area (Å²) in [5.74, 6) is -4.39. The van der Waals surface area contributed by atoms with Gasteiger partial charge in [-0.2, -0.15) is 17.9 Å². The van der Waals surface area contributed by atoms with Gasteiger partial charge < -0.3 is 21.0 Å². The number of nitro groups is 1. The predicted molar refractivity (Wildman–Crippen MR) is 127 cm³/mol. The molecule has 0 aromatic heterocycles. The van der Waals surface area contributed by atoms with E-state index in [1.165, 1.54) is 24.3 Å². The van der Waals surface area contributed by atoms with Crippen LogP contribution in [-0.2, 0) is 40.6 Å². The number of hydrogen-bond donors (Lipinski definition) is 3. The molecule has 1 atom stereocenters. The fourth-order valence-electron chi connectivity index (χ4n) is 2.75. The molecule has 5 N–H and O–H groups in total. The number of carbonyl (C=O) groups is 2. The zero-order chi connectivity index (χ0) is 29.9. The highest BCUT2D eigenvalue weighted by Crippen LogP contribution is 2.20. The minimum Gasteiger partial charge on any atom is -0.493 e. The molecular weight excluding hydrogens is 571 g/mol. The molecule has 0 heterocycles. The number of hydrogen-bond acceptors (Lipinski definition) is 11. The summed E-state index contributed by atoms with van der Waals surface area (Å²) < 4.78 is 70.1. The molecule has 0 aliphatic heterocycles. The quantitative estimate of drug-likeness (QED) is 0.0739. The van der Waals surface area contributed by atoms with Gasteiger partial charge in [0, 0.05) is 18.6 Å². The van der Waals surface area contributed by atoms with Gasteiger partial charge in [-0.15, -0.1) is 0 Å². The summed E-state index contributed by atoms with van der Waals surface area (Å²) in [5, 5.41) is 14.1. The van der Waals surface area contributed by atoms with Crippen molar-refractivity contribution in [2.75, 3.05) is 13.2 Å². The highest BCUT2D eigenvalue weighted by atomic mass is 32.2. The van der Waals surface area contributed by atoms with Gasteiger partial charge in [0.15, 0.2) is 0 Å². The molecule has 2 rings (SSSR count). The highest BCUT2D eigenvalue weighted by molar-refractivity contribution is 7.89. The van der Waals surface area contributed by atoms with E-state index in [9.17, 15) is 41.3 Å². The van der Waals surface area contributed by atoms with Crippen molar-refractivity contribution in [3.63, 3.8) is 0 Å². The molecule has 19 heteroatoms. The average molecular weight is 593 g/mol. The molecular formula is C21H22F3N5O10S. The van der Waals surface area contributed by atoms with E-state index in [0.717, 1.165) is 24.3 Å². The molecule has 2 aromatic carbocycles. The number of ether oxygens (including phenoxy) is 1. The molecule has 0 fully saturated rings. The first-order chi connectivity index (χ1) is 18.7. The minimum atomic E-state index is -5.49. The lowest BCUT2D eigenvalue weighted by Crippen LogP contribution is -2.44. The Morgan fingerprint density at radius 1 is 1.02 bits per heavy atom. The first-order valence-corrected chi connectivity index (χ1v) is 12.4. The van der Waals surface area contributed by atoms with Gasteiger partial charge in [0.1, 0.15) is 18.4 Å². The van der Waals surface area contributed by atoms with Crippen LogP contribution >= 0.6 is 0 Å². The van der Waals surface area contributed by atoms with Crippen LogP contribution in [0.15, 0.2) is 58.6 Å². The standard InChI is InChI=1S/C21H22F3N5O10S/c22-21(23,24)19(31)39-38-18(30)17(28-40(34,35)16-8-4-14(5-9-16)29(32)33)12-13-2-6-15(7-3-13)36-10-1-11-37-27-20(25)26/h2-9,17,28H,1,10-12H2,(H4,25,26,27)/t17-/m0/s1. The Kier molecular flexibility index (Phi) is 11.0. The van der Waals surface area contributed by atoms with Gasteiger partial charge in [0.2, 0.25) is 16.0 Å². The van der Waals surface area contributed by atoms with Crippen molar-refractivity contribution in [2.24, 2.45) is 16.6 Å². The van der Waals surface area contributed by atoms with Crippen molar-refractivity contribution in [2.45, 2.75) is 30.0 Å². The number of nitrogens with one attached hydrogen (secondary N) is 1. The molecule has 0 radical (unpaired) electrons. The van der Waals surface area contributed by atoms with Crippen molar-refractivity contribution >= 4 is 33.6 Å². The zero-order valence-electron chi connectivity index (χ0n) is 20.2. The van der Waals surface area contributed by atoms with Crippen LogP contribution in [0.2, 0.25) is 0 Å². The first-order valence-electron chi connectivity index (χ1n) is 10.9. The molecule has 0 unspecified atom stereocenters. The number of nitro benzene ring substituents is 1. The molecule has 40 heavy (non-hydrogen) atoms. The molecule has 0 saturated carbocycles. The van der Waals surface area contributed by atoms with Gasteiger partial charge in [-0.05, 0) is 41.4 Å². The summed E-state index contributed by atoms with van der Waals surface area (Å²) in [5.41, 5.74) is 10.1. The Morgan fingerprint density at radius 3 is 2.20 bits per heavy atom. The van der Waals surface area contributed by atoms with Crippen LogP contribution < -0.4 is 20.9 Å². The molecule has 0 amide bonds. The van der Waals surface area contributed by atoms with Gasteiger partial charge in [-0.1, -0.05) is 12.1 Å². The van der Waals surface area contributed by atoms with E-state index in [2.05, 4.69) is 14.9 Å². The SMILES string of the molecule is NC(N)=NOCCCOc1ccc(C[C@H](NS(=O)(=O)c2ccc([N+](=O)[O-])cc2)C(=O)OOC(=O)C(F)(F)F)cc1.